The second-order valence-electron chi connectivity index (χ2n) is 6.63. The number of nitrogens with zero attached hydrogens (tertiary/aromatic N) is 1. The van der Waals surface area contributed by atoms with Gasteiger partial charge in [-0.15, -0.1) is 5.10 Å². The first-order valence-corrected chi connectivity index (χ1v) is 10.8. The lowest BCUT2D eigenvalue weighted by molar-refractivity contribution is 0.296. The van der Waals surface area contributed by atoms with Gasteiger partial charge in [0.1, 0.15) is 10.2 Å². The molecule has 0 bridgehead atoms. The summed E-state index contributed by atoms with van der Waals surface area (Å²) in [6.07, 6.45) is 1.52. The molecule has 0 aliphatic heterocycles. The number of hydrogen-bond donors (Lipinski definition) is 2. The maximum atomic E-state index is 12.0. The second-order valence-corrected chi connectivity index (χ2v) is 7.83. The monoisotopic (exact) mass is 507 g/mol. The number of H-pyrrole nitrogens is 1. The third-order valence-corrected chi connectivity index (χ3v) is 5.72. The molecule has 2 N–H and O–H groups in total. The average Bonchev–Trinajstić information content (AvgIpc) is 2.79. The lowest BCUT2D eigenvalue weighted by atomic mass is 10.1. The molecule has 3 rings (SSSR count). The number of nitrogens with one attached hydrogen (secondary N) is 2. The van der Waals surface area contributed by atoms with Crippen LogP contribution in [0.5, 0.6) is 17.4 Å². The van der Waals surface area contributed by atoms with Gasteiger partial charge in [0, 0.05) is 11.6 Å². The molecule has 0 amide bonds. The Labute approximate surface area is 193 Å². The van der Waals surface area contributed by atoms with E-state index in [0.717, 1.165) is 29.0 Å². The van der Waals surface area contributed by atoms with E-state index in [9.17, 15) is 4.79 Å². The Balaban J connectivity index is 1.67. The number of aromatic amines is 1. The SMILES string of the molecule is COc1ccc(CNc2c(OCCCc3ccccc3Cl)n[nH]c(=O)c2Br)cc1OC. The standard InChI is InChI=1S/C22H23BrClN3O4/c1-29-17-10-9-14(12-18(17)30-2)13-25-20-19(23)21(28)26-27-22(20)31-11-5-7-15-6-3-4-8-16(15)24/h3-4,6,8-10,12H,5,7,11,13H2,1-2H3,(H2,25,26,28). The molecular formula is C22H23BrClN3O4. The molecule has 1 aromatic heterocycles. The van der Waals surface area contributed by atoms with E-state index in [0.29, 0.717) is 40.7 Å². The zero-order chi connectivity index (χ0) is 22.2. The Morgan fingerprint density at radius 1 is 1.13 bits per heavy atom. The summed E-state index contributed by atoms with van der Waals surface area (Å²) in [6.45, 7) is 0.849. The van der Waals surface area contributed by atoms with E-state index in [4.69, 9.17) is 25.8 Å². The van der Waals surface area contributed by atoms with Crippen molar-refractivity contribution in [3.8, 4) is 17.4 Å². The maximum Gasteiger partial charge on any atom is 0.280 e. The lowest BCUT2D eigenvalue weighted by Gasteiger charge is -2.14. The van der Waals surface area contributed by atoms with Gasteiger partial charge in [0.15, 0.2) is 11.5 Å². The van der Waals surface area contributed by atoms with Gasteiger partial charge in [-0.3, -0.25) is 4.79 Å². The van der Waals surface area contributed by atoms with E-state index in [-0.39, 0.29) is 5.56 Å². The number of aromatic nitrogens is 2. The van der Waals surface area contributed by atoms with E-state index >= 15 is 0 Å². The molecule has 0 spiro atoms. The van der Waals surface area contributed by atoms with Gasteiger partial charge in [-0.25, -0.2) is 5.10 Å². The van der Waals surface area contributed by atoms with E-state index in [1.807, 2.05) is 42.5 Å². The van der Waals surface area contributed by atoms with Crippen LogP contribution in [0.25, 0.3) is 0 Å². The van der Waals surface area contributed by atoms with Crippen molar-refractivity contribution in [1.82, 2.24) is 10.2 Å². The number of aryl methyl sites for hydroxylation is 1. The van der Waals surface area contributed by atoms with Crippen LogP contribution in [0.1, 0.15) is 17.5 Å². The zero-order valence-electron chi connectivity index (χ0n) is 17.2. The summed E-state index contributed by atoms with van der Waals surface area (Å²) in [6, 6.07) is 13.3. The molecule has 31 heavy (non-hydrogen) atoms. The molecule has 164 valence electrons. The topological polar surface area (TPSA) is 85.5 Å². The molecule has 0 saturated heterocycles. The lowest BCUT2D eigenvalue weighted by Crippen LogP contribution is -2.16. The van der Waals surface area contributed by atoms with E-state index in [1.54, 1.807) is 14.2 Å². The zero-order valence-corrected chi connectivity index (χ0v) is 19.5. The van der Waals surface area contributed by atoms with Crippen LogP contribution >= 0.6 is 27.5 Å². The van der Waals surface area contributed by atoms with Crippen LogP contribution < -0.4 is 25.1 Å². The molecule has 0 fully saturated rings. The molecule has 0 aliphatic carbocycles. The summed E-state index contributed by atoms with van der Waals surface area (Å²) < 4.78 is 16.8. The maximum absolute atomic E-state index is 12.0. The number of methoxy groups -OCH3 is 2. The predicted octanol–water partition coefficient (Wildman–Crippen LogP) is 4.83. The van der Waals surface area contributed by atoms with Crippen LogP contribution in [0.4, 0.5) is 5.69 Å². The highest BCUT2D eigenvalue weighted by atomic mass is 79.9. The van der Waals surface area contributed by atoms with Crippen LogP contribution in [0.3, 0.4) is 0 Å². The summed E-state index contributed by atoms with van der Waals surface area (Å²) in [4.78, 5) is 12.0. The summed E-state index contributed by atoms with van der Waals surface area (Å²) in [5.74, 6) is 1.58. The van der Waals surface area contributed by atoms with Crippen molar-refractivity contribution in [2.24, 2.45) is 0 Å². The van der Waals surface area contributed by atoms with Gasteiger partial charge in [0.05, 0.1) is 20.8 Å². The third kappa shape index (κ3) is 5.92. The molecule has 3 aromatic rings. The number of rotatable bonds is 10. The van der Waals surface area contributed by atoms with Crippen molar-refractivity contribution >= 4 is 33.2 Å². The molecule has 9 heteroatoms. The molecule has 0 unspecified atom stereocenters. The Hall–Kier alpha value is -2.71. The van der Waals surface area contributed by atoms with Gasteiger partial charge >= 0.3 is 0 Å². The number of anilines is 1. The van der Waals surface area contributed by atoms with Crippen molar-refractivity contribution in [3.63, 3.8) is 0 Å². The highest BCUT2D eigenvalue weighted by Gasteiger charge is 2.14. The fourth-order valence-corrected chi connectivity index (χ4v) is 3.61. The molecule has 0 saturated carbocycles. The highest BCUT2D eigenvalue weighted by Crippen LogP contribution is 2.30. The van der Waals surface area contributed by atoms with Crippen LogP contribution in [0.2, 0.25) is 5.02 Å². The van der Waals surface area contributed by atoms with Crippen LogP contribution in [0.15, 0.2) is 51.7 Å². The Kier molecular flexibility index (Phi) is 8.20. The molecule has 1 heterocycles. The molecule has 0 atom stereocenters. The minimum Gasteiger partial charge on any atom is -0.493 e. The quantitative estimate of drug-likeness (QED) is 0.382. The van der Waals surface area contributed by atoms with Crippen molar-refractivity contribution in [2.45, 2.75) is 19.4 Å². The highest BCUT2D eigenvalue weighted by molar-refractivity contribution is 9.10. The van der Waals surface area contributed by atoms with Gasteiger partial charge < -0.3 is 19.5 Å². The van der Waals surface area contributed by atoms with Gasteiger partial charge in [0.25, 0.3) is 11.4 Å². The van der Waals surface area contributed by atoms with Crippen molar-refractivity contribution < 1.29 is 14.2 Å². The third-order valence-electron chi connectivity index (χ3n) is 4.60. The van der Waals surface area contributed by atoms with Gasteiger partial charge in [-0.1, -0.05) is 35.9 Å². The normalized spacial score (nSPS) is 10.6. The fraction of sp³-hybridized carbons (Fsp3) is 0.273. The Morgan fingerprint density at radius 3 is 2.65 bits per heavy atom. The smallest absolute Gasteiger partial charge is 0.280 e. The summed E-state index contributed by atoms with van der Waals surface area (Å²) in [5, 5.41) is 10.4. The van der Waals surface area contributed by atoms with Gasteiger partial charge in [0.2, 0.25) is 0 Å². The van der Waals surface area contributed by atoms with E-state index in [2.05, 4.69) is 31.4 Å². The minimum atomic E-state index is -0.349. The van der Waals surface area contributed by atoms with Crippen LogP contribution in [-0.4, -0.2) is 31.0 Å². The summed E-state index contributed by atoms with van der Waals surface area (Å²) >= 11 is 9.52. The van der Waals surface area contributed by atoms with E-state index in [1.165, 1.54) is 0 Å². The van der Waals surface area contributed by atoms with Crippen molar-refractivity contribution in [2.75, 3.05) is 26.1 Å². The number of halogens is 2. The average molecular weight is 509 g/mol. The molecular weight excluding hydrogens is 486 g/mol. The number of hydrogen-bond acceptors (Lipinski definition) is 6. The van der Waals surface area contributed by atoms with E-state index < -0.39 is 0 Å². The molecule has 0 radical (unpaired) electrons. The van der Waals surface area contributed by atoms with Crippen LogP contribution in [-0.2, 0) is 13.0 Å². The van der Waals surface area contributed by atoms with Crippen molar-refractivity contribution in [3.05, 3.63) is 73.4 Å². The summed E-state index contributed by atoms with van der Waals surface area (Å²) in [5.41, 5.74) is 2.14. The van der Waals surface area contributed by atoms with Gasteiger partial charge in [-0.2, -0.15) is 0 Å². The minimum absolute atomic E-state index is 0.311. The number of ether oxygens (including phenoxy) is 3. The number of benzene rings is 2. The second kappa shape index (κ2) is 11.1. The first kappa shape index (κ1) is 23.0. The predicted molar refractivity (Wildman–Crippen MR) is 125 cm³/mol. The Morgan fingerprint density at radius 2 is 1.90 bits per heavy atom. The molecule has 2 aromatic carbocycles. The van der Waals surface area contributed by atoms with Crippen LogP contribution in [0, 0.1) is 0 Å². The largest absolute Gasteiger partial charge is 0.493 e. The molecule has 0 aliphatic rings. The van der Waals surface area contributed by atoms with Gasteiger partial charge in [-0.05, 0) is 58.1 Å². The Bertz CT molecular complexity index is 1090. The molecule has 7 nitrogen and oxygen atoms in total. The first-order valence-electron chi connectivity index (χ1n) is 9.62. The summed E-state index contributed by atoms with van der Waals surface area (Å²) in [7, 11) is 3.17. The van der Waals surface area contributed by atoms with Crippen molar-refractivity contribution in [1.29, 1.82) is 0 Å². The fourth-order valence-electron chi connectivity index (χ4n) is 2.99. The first-order chi connectivity index (χ1) is 15.0.